The van der Waals surface area contributed by atoms with Crippen molar-refractivity contribution < 1.29 is 17.9 Å². The molecule has 0 atom stereocenters. The first-order valence-corrected chi connectivity index (χ1v) is 8.52. The van der Waals surface area contributed by atoms with Crippen LogP contribution in [0.25, 0.3) is 0 Å². The van der Waals surface area contributed by atoms with Gasteiger partial charge >= 0.3 is 5.97 Å². The minimum Gasteiger partial charge on any atom is -0.425 e. The Hall–Kier alpha value is -1.11. The molecule has 1 aliphatic rings. The molecule has 0 radical (unpaired) electrons. The molecule has 5 nitrogen and oxygen atoms in total. The standard InChI is InChI=1S/C13H16ClNO4S/c1-20(17,18)15-8-6-10(7-9-15)13(16)19-12-5-3-2-4-11(12)14/h2-5,10H,6-9H2,1H3. The highest BCUT2D eigenvalue weighted by atomic mass is 35.5. The van der Waals surface area contributed by atoms with Crippen molar-refractivity contribution in [2.75, 3.05) is 19.3 Å². The second-order valence-electron chi connectivity index (χ2n) is 4.79. The van der Waals surface area contributed by atoms with Gasteiger partial charge in [-0.2, -0.15) is 0 Å². The van der Waals surface area contributed by atoms with E-state index in [1.54, 1.807) is 24.3 Å². The molecule has 0 spiro atoms. The number of rotatable bonds is 3. The molecule has 0 saturated carbocycles. The van der Waals surface area contributed by atoms with E-state index in [9.17, 15) is 13.2 Å². The van der Waals surface area contributed by atoms with E-state index in [-0.39, 0.29) is 11.9 Å². The lowest BCUT2D eigenvalue weighted by atomic mass is 9.98. The average molecular weight is 318 g/mol. The summed E-state index contributed by atoms with van der Waals surface area (Å²) in [5.41, 5.74) is 0. The predicted octanol–water partition coefficient (Wildman–Crippen LogP) is 1.92. The van der Waals surface area contributed by atoms with E-state index < -0.39 is 10.0 Å². The lowest BCUT2D eigenvalue weighted by Crippen LogP contribution is -2.40. The van der Waals surface area contributed by atoms with Gasteiger partial charge in [-0.15, -0.1) is 0 Å². The summed E-state index contributed by atoms with van der Waals surface area (Å²) in [7, 11) is -3.18. The van der Waals surface area contributed by atoms with E-state index >= 15 is 0 Å². The average Bonchev–Trinajstić information content (AvgIpc) is 2.40. The number of carbonyl (C=O) groups is 1. The fraction of sp³-hybridized carbons (Fsp3) is 0.462. The van der Waals surface area contributed by atoms with Crippen LogP contribution in [0.5, 0.6) is 5.75 Å². The smallest absolute Gasteiger partial charge is 0.314 e. The largest absolute Gasteiger partial charge is 0.425 e. The molecule has 1 fully saturated rings. The number of benzene rings is 1. The number of carbonyl (C=O) groups excluding carboxylic acids is 1. The second kappa shape index (κ2) is 6.11. The maximum absolute atomic E-state index is 12.0. The Balaban J connectivity index is 1.94. The molecule has 0 bridgehead atoms. The third-order valence-electron chi connectivity index (χ3n) is 3.30. The zero-order chi connectivity index (χ0) is 14.8. The number of hydrogen-bond donors (Lipinski definition) is 0. The molecule has 1 heterocycles. The van der Waals surface area contributed by atoms with Crippen molar-refractivity contribution in [2.24, 2.45) is 5.92 Å². The minimum absolute atomic E-state index is 0.288. The van der Waals surface area contributed by atoms with Crippen molar-refractivity contribution >= 4 is 27.6 Å². The van der Waals surface area contributed by atoms with Crippen LogP contribution in [-0.4, -0.2) is 38.0 Å². The number of sulfonamides is 1. The second-order valence-corrected chi connectivity index (χ2v) is 7.18. The van der Waals surface area contributed by atoms with Crippen molar-refractivity contribution in [2.45, 2.75) is 12.8 Å². The van der Waals surface area contributed by atoms with Gasteiger partial charge in [0.2, 0.25) is 10.0 Å². The molecule has 0 aliphatic carbocycles. The fourth-order valence-electron chi connectivity index (χ4n) is 2.14. The van der Waals surface area contributed by atoms with Gasteiger partial charge < -0.3 is 4.74 Å². The molecular weight excluding hydrogens is 302 g/mol. The highest BCUT2D eigenvalue weighted by molar-refractivity contribution is 7.88. The van der Waals surface area contributed by atoms with Gasteiger partial charge in [-0.3, -0.25) is 4.79 Å². The van der Waals surface area contributed by atoms with Crippen LogP contribution in [0.15, 0.2) is 24.3 Å². The number of piperidine rings is 1. The van der Waals surface area contributed by atoms with Crippen LogP contribution in [0.2, 0.25) is 5.02 Å². The number of esters is 1. The Kier molecular flexibility index (Phi) is 4.67. The maximum Gasteiger partial charge on any atom is 0.314 e. The van der Waals surface area contributed by atoms with E-state index in [1.807, 2.05) is 0 Å². The molecular formula is C13H16ClNO4S. The lowest BCUT2D eigenvalue weighted by Gasteiger charge is -2.28. The summed E-state index contributed by atoms with van der Waals surface area (Å²) in [4.78, 5) is 12.0. The number of nitrogens with zero attached hydrogens (tertiary/aromatic N) is 1. The van der Waals surface area contributed by atoms with E-state index in [0.717, 1.165) is 0 Å². The topological polar surface area (TPSA) is 63.7 Å². The number of ether oxygens (including phenoxy) is 1. The van der Waals surface area contributed by atoms with Gasteiger partial charge in [0.05, 0.1) is 17.2 Å². The van der Waals surface area contributed by atoms with Crippen molar-refractivity contribution in [1.82, 2.24) is 4.31 Å². The lowest BCUT2D eigenvalue weighted by molar-refractivity contribution is -0.140. The first-order chi connectivity index (χ1) is 9.38. The SMILES string of the molecule is CS(=O)(=O)N1CCC(C(=O)Oc2ccccc2Cl)CC1. The van der Waals surface area contributed by atoms with Crippen molar-refractivity contribution in [3.63, 3.8) is 0 Å². The highest BCUT2D eigenvalue weighted by Crippen LogP contribution is 2.26. The van der Waals surface area contributed by atoms with Gasteiger partial charge in [-0.05, 0) is 25.0 Å². The summed E-state index contributed by atoms with van der Waals surface area (Å²) >= 11 is 5.93. The summed E-state index contributed by atoms with van der Waals surface area (Å²) in [5, 5.41) is 0.384. The van der Waals surface area contributed by atoms with Crippen molar-refractivity contribution in [1.29, 1.82) is 0 Å². The van der Waals surface area contributed by atoms with Crippen molar-refractivity contribution in [3.8, 4) is 5.75 Å². The molecule has 7 heteroatoms. The Morgan fingerprint density at radius 1 is 1.30 bits per heavy atom. The summed E-state index contributed by atoms with van der Waals surface area (Å²) in [6.45, 7) is 0.697. The third-order valence-corrected chi connectivity index (χ3v) is 4.92. The third kappa shape index (κ3) is 3.71. The Morgan fingerprint density at radius 2 is 1.90 bits per heavy atom. The molecule has 1 aromatic carbocycles. The molecule has 1 aliphatic heterocycles. The van der Waals surface area contributed by atoms with Crippen LogP contribution in [0.4, 0.5) is 0 Å². The summed E-state index contributed by atoms with van der Waals surface area (Å²) < 4.78 is 29.4. The Bertz CT molecular complexity index is 594. The number of para-hydroxylation sites is 1. The fourth-order valence-corrected chi connectivity index (χ4v) is 3.19. The van der Waals surface area contributed by atoms with Gasteiger partial charge in [0.25, 0.3) is 0 Å². The van der Waals surface area contributed by atoms with E-state index in [4.69, 9.17) is 16.3 Å². The van der Waals surface area contributed by atoms with Crippen LogP contribution in [0.3, 0.4) is 0 Å². The molecule has 2 rings (SSSR count). The number of halogens is 1. The molecule has 20 heavy (non-hydrogen) atoms. The van der Waals surface area contributed by atoms with Crippen molar-refractivity contribution in [3.05, 3.63) is 29.3 Å². The summed E-state index contributed by atoms with van der Waals surface area (Å²) in [6, 6.07) is 6.77. The van der Waals surface area contributed by atoms with Gasteiger partial charge in [-0.1, -0.05) is 23.7 Å². The zero-order valence-electron chi connectivity index (χ0n) is 11.1. The van der Waals surface area contributed by atoms with Crippen LogP contribution in [0, 0.1) is 5.92 Å². The Morgan fingerprint density at radius 3 is 2.45 bits per heavy atom. The summed E-state index contributed by atoms with van der Waals surface area (Å²) in [5.74, 6) is -0.305. The van der Waals surface area contributed by atoms with Crippen LogP contribution >= 0.6 is 11.6 Å². The van der Waals surface area contributed by atoms with Crippen LogP contribution in [0.1, 0.15) is 12.8 Å². The minimum atomic E-state index is -3.18. The predicted molar refractivity (Wildman–Crippen MR) is 76.2 cm³/mol. The molecule has 110 valence electrons. The van der Waals surface area contributed by atoms with Crippen LogP contribution in [-0.2, 0) is 14.8 Å². The Labute approximate surface area is 123 Å². The monoisotopic (exact) mass is 317 g/mol. The van der Waals surface area contributed by atoms with Gasteiger partial charge in [0, 0.05) is 13.1 Å². The van der Waals surface area contributed by atoms with E-state index in [0.29, 0.717) is 36.7 Å². The molecule has 0 N–H and O–H groups in total. The molecule has 0 amide bonds. The van der Waals surface area contributed by atoms with Gasteiger partial charge in [-0.25, -0.2) is 12.7 Å². The molecule has 1 aromatic rings. The summed E-state index contributed by atoms with van der Waals surface area (Å²) in [6.07, 6.45) is 2.11. The van der Waals surface area contributed by atoms with E-state index in [1.165, 1.54) is 10.6 Å². The highest BCUT2D eigenvalue weighted by Gasteiger charge is 2.30. The van der Waals surface area contributed by atoms with Gasteiger partial charge in [0.15, 0.2) is 0 Å². The molecule has 0 unspecified atom stereocenters. The first kappa shape index (κ1) is 15.3. The maximum atomic E-state index is 12.0. The van der Waals surface area contributed by atoms with E-state index in [2.05, 4.69) is 0 Å². The molecule has 0 aromatic heterocycles. The normalized spacial score (nSPS) is 17.9. The number of hydrogen-bond acceptors (Lipinski definition) is 4. The first-order valence-electron chi connectivity index (χ1n) is 6.29. The zero-order valence-corrected chi connectivity index (χ0v) is 12.7. The molecule has 1 saturated heterocycles. The van der Waals surface area contributed by atoms with Crippen LogP contribution < -0.4 is 4.74 Å². The quantitative estimate of drug-likeness (QED) is 0.631. The van der Waals surface area contributed by atoms with Gasteiger partial charge in [0.1, 0.15) is 5.75 Å².